The molecule has 2 N–H and O–H groups in total. The Balaban J connectivity index is 3.76. The second-order valence-corrected chi connectivity index (χ2v) is 4.60. The molecule has 0 saturated carbocycles. The number of hydrogen-bond acceptors (Lipinski definition) is 3. The summed E-state index contributed by atoms with van der Waals surface area (Å²) < 4.78 is 0. The van der Waals surface area contributed by atoms with Gasteiger partial charge in [-0.1, -0.05) is 23.2 Å². The minimum atomic E-state index is -0.757. The van der Waals surface area contributed by atoms with Gasteiger partial charge in [0.15, 0.2) is 0 Å². The topological polar surface area (TPSA) is 35.5 Å². The van der Waals surface area contributed by atoms with Gasteiger partial charge in [-0.25, -0.2) is 0 Å². The van der Waals surface area contributed by atoms with Crippen LogP contribution in [-0.2, 0) is 0 Å². The summed E-state index contributed by atoms with van der Waals surface area (Å²) in [6.45, 7) is 3.33. The second kappa shape index (κ2) is 6.64. The molecule has 0 amide bonds. The Kier molecular flexibility index (Phi) is 6.74. The van der Waals surface area contributed by atoms with Gasteiger partial charge in [0.05, 0.1) is 5.60 Å². The Bertz CT molecular complexity index is 193. The minimum absolute atomic E-state index is 0.478. The van der Waals surface area contributed by atoms with Crippen molar-refractivity contribution in [1.29, 1.82) is 0 Å². The lowest BCUT2D eigenvalue weighted by molar-refractivity contribution is 0.0347. The lowest BCUT2D eigenvalue weighted by Gasteiger charge is -2.27. The molecule has 0 aromatic heterocycles. The van der Waals surface area contributed by atoms with E-state index in [9.17, 15) is 5.11 Å². The summed E-state index contributed by atoms with van der Waals surface area (Å²) in [6.07, 6.45) is 0. The van der Waals surface area contributed by atoms with E-state index in [1.54, 1.807) is 6.92 Å². The lowest BCUT2D eigenvalue weighted by atomic mass is 10.1. The molecule has 0 saturated heterocycles. The number of rotatable bonds is 6. The van der Waals surface area contributed by atoms with Crippen molar-refractivity contribution in [2.45, 2.75) is 12.5 Å². The van der Waals surface area contributed by atoms with Gasteiger partial charge in [-0.05, 0) is 21.0 Å². The molecule has 0 heterocycles. The number of halogens is 2. The normalized spacial score (nSPS) is 17.2. The van der Waals surface area contributed by atoms with Gasteiger partial charge in [-0.2, -0.15) is 0 Å². The summed E-state index contributed by atoms with van der Waals surface area (Å²) >= 11 is 11.1. The standard InChI is InChI=1S/C9H18Cl2N2O/c1-9(14,7-13(2)3)6-12-5-8(11)4-10/h4,12,14H,5-7H2,1-3H3. The lowest BCUT2D eigenvalue weighted by Crippen LogP contribution is -2.45. The molecule has 0 aliphatic carbocycles. The van der Waals surface area contributed by atoms with Crippen molar-refractivity contribution in [2.24, 2.45) is 0 Å². The highest BCUT2D eigenvalue weighted by molar-refractivity contribution is 6.36. The van der Waals surface area contributed by atoms with E-state index < -0.39 is 5.60 Å². The molecule has 0 aliphatic rings. The largest absolute Gasteiger partial charge is 0.388 e. The van der Waals surface area contributed by atoms with Gasteiger partial charge in [-0.15, -0.1) is 0 Å². The van der Waals surface area contributed by atoms with Crippen molar-refractivity contribution in [3.63, 3.8) is 0 Å². The van der Waals surface area contributed by atoms with E-state index in [2.05, 4.69) is 5.32 Å². The van der Waals surface area contributed by atoms with Gasteiger partial charge in [0, 0.05) is 30.2 Å². The maximum absolute atomic E-state index is 9.87. The molecule has 0 spiro atoms. The van der Waals surface area contributed by atoms with Crippen LogP contribution in [0.5, 0.6) is 0 Å². The van der Waals surface area contributed by atoms with Gasteiger partial charge in [0.25, 0.3) is 0 Å². The summed E-state index contributed by atoms with van der Waals surface area (Å²) in [6, 6.07) is 0. The number of nitrogens with one attached hydrogen (secondary N) is 1. The first-order valence-electron chi connectivity index (χ1n) is 4.40. The summed E-state index contributed by atoms with van der Waals surface area (Å²) in [4.78, 5) is 1.93. The highest BCUT2D eigenvalue weighted by atomic mass is 35.5. The van der Waals surface area contributed by atoms with Gasteiger partial charge in [-0.3, -0.25) is 0 Å². The van der Waals surface area contributed by atoms with Crippen molar-refractivity contribution in [3.8, 4) is 0 Å². The predicted molar refractivity (Wildman–Crippen MR) is 61.8 cm³/mol. The molecule has 1 unspecified atom stereocenters. The van der Waals surface area contributed by atoms with E-state index >= 15 is 0 Å². The van der Waals surface area contributed by atoms with Gasteiger partial charge in [0.2, 0.25) is 0 Å². The van der Waals surface area contributed by atoms with Crippen LogP contribution < -0.4 is 5.32 Å². The van der Waals surface area contributed by atoms with Crippen LogP contribution in [0.25, 0.3) is 0 Å². The third-order valence-corrected chi connectivity index (χ3v) is 2.19. The SMILES string of the molecule is CN(C)CC(C)(O)CNCC(Cl)=CCl. The Morgan fingerprint density at radius 1 is 1.57 bits per heavy atom. The van der Waals surface area contributed by atoms with Gasteiger partial charge in [0.1, 0.15) is 0 Å². The maximum Gasteiger partial charge on any atom is 0.0869 e. The highest BCUT2D eigenvalue weighted by Crippen LogP contribution is 2.04. The molecule has 3 nitrogen and oxygen atoms in total. The molecule has 0 rings (SSSR count). The van der Waals surface area contributed by atoms with Crippen LogP contribution in [0, 0.1) is 0 Å². The van der Waals surface area contributed by atoms with Crippen LogP contribution in [0.4, 0.5) is 0 Å². The van der Waals surface area contributed by atoms with Gasteiger partial charge >= 0.3 is 0 Å². The van der Waals surface area contributed by atoms with Crippen LogP contribution in [0.15, 0.2) is 10.6 Å². The Morgan fingerprint density at radius 2 is 2.14 bits per heavy atom. The summed E-state index contributed by atoms with van der Waals surface area (Å²) in [5, 5.41) is 13.4. The van der Waals surface area contributed by atoms with Crippen molar-refractivity contribution in [1.82, 2.24) is 10.2 Å². The second-order valence-electron chi connectivity index (χ2n) is 3.89. The fraction of sp³-hybridized carbons (Fsp3) is 0.778. The van der Waals surface area contributed by atoms with Crippen molar-refractivity contribution in [3.05, 3.63) is 10.6 Å². The molecule has 0 aromatic carbocycles. The number of hydrogen-bond donors (Lipinski definition) is 2. The Morgan fingerprint density at radius 3 is 2.57 bits per heavy atom. The average molecular weight is 241 g/mol. The van der Waals surface area contributed by atoms with Crippen molar-refractivity contribution in [2.75, 3.05) is 33.7 Å². The third kappa shape index (κ3) is 7.59. The molecular weight excluding hydrogens is 223 g/mol. The summed E-state index contributed by atoms with van der Waals surface area (Å²) in [5.74, 6) is 0. The zero-order chi connectivity index (χ0) is 11.2. The minimum Gasteiger partial charge on any atom is -0.388 e. The molecule has 0 bridgehead atoms. The average Bonchev–Trinajstić information content (AvgIpc) is 2.01. The molecule has 0 aromatic rings. The van der Waals surface area contributed by atoms with Crippen LogP contribution in [0.2, 0.25) is 0 Å². The number of nitrogens with zero attached hydrogens (tertiary/aromatic N) is 1. The van der Waals surface area contributed by atoms with Gasteiger partial charge < -0.3 is 15.3 Å². The van der Waals surface area contributed by atoms with E-state index in [0.717, 1.165) is 0 Å². The van der Waals surface area contributed by atoms with E-state index in [4.69, 9.17) is 23.2 Å². The van der Waals surface area contributed by atoms with Crippen molar-refractivity contribution >= 4 is 23.2 Å². The molecule has 84 valence electrons. The first-order chi connectivity index (χ1) is 6.37. The zero-order valence-corrected chi connectivity index (χ0v) is 10.4. The summed E-state index contributed by atoms with van der Waals surface area (Å²) in [7, 11) is 3.83. The van der Waals surface area contributed by atoms with Crippen LogP contribution >= 0.6 is 23.2 Å². The molecule has 14 heavy (non-hydrogen) atoms. The molecule has 0 radical (unpaired) electrons. The van der Waals surface area contributed by atoms with E-state index in [-0.39, 0.29) is 0 Å². The van der Waals surface area contributed by atoms with Crippen LogP contribution in [0.3, 0.4) is 0 Å². The Labute approximate surface area is 95.7 Å². The maximum atomic E-state index is 9.87. The van der Waals surface area contributed by atoms with Crippen molar-refractivity contribution < 1.29 is 5.11 Å². The zero-order valence-electron chi connectivity index (χ0n) is 8.85. The predicted octanol–water partition coefficient (Wildman–Crippen LogP) is 1.21. The molecule has 5 heteroatoms. The van der Waals surface area contributed by atoms with Crippen LogP contribution in [0.1, 0.15) is 6.92 Å². The quantitative estimate of drug-likeness (QED) is 0.733. The fourth-order valence-corrected chi connectivity index (χ4v) is 1.40. The monoisotopic (exact) mass is 240 g/mol. The smallest absolute Gasteiger partial charge is 0.0869 e. The highest BCUT2D eigenvalue weighted by Gasteiger charge is 2.20. The number of aliphatic hydroxyl groups is 1. The first-order valence-corrected chi connectivity index (χ1v) is 5.21. The first kappa shape index (κ1) is 14.2. The molecule has 1 atom stereocenters. The number of likely N-dealkylation sites (N-methyl/N-ethyl adjacent to an activating group) is 1. The van der Waals surface area contributed by atoms with E-state index in [1.165, 1.54) is 5.54 Å². The van der Waals surface area contributed by atoms with Crippen LogP contribution in [-0.4, -0.2) is 49.3 Å². The molecule has 0 aliphatic heterocycles. The molecular formula is C9H18Cl2N2O. The molecule has 0 fully saturated rings. The van der Waals surface area contributed by atoms with E-state index in [1.807, 2.05) is 19.0 Å². The summed E-state index contributed by atoms with van der Waals surface area (Å²) in [5.41, 5.74) is 0.558. The Hall–Kier alpha value is 0.200. The fourth-order valence-electron chi connectivity index (χ4n) is 1.23. The third-order valence-electron chi connectivity index (χ3n) is 1.57. The van der Waals surface area contributed by atoms with E-state index in [0.29, 0.717) is 24.7 Å².